The molecule has 0 aromatic heterocycles. The SMILES string of the molecule is CC(c1cccc(Cl)c1)N1CCNC1=O. The number of rotatable bonds is 2. The van der Waals surface area contributed by atoms with E-state index in [1.54, 1.807) is 0 Å². The van der Waals surface area contributed by atoms with Crippen LogP contribution in [-0.4, -0.2) is 24.0 Å². The Kier molecular flexibility index (Phi) is 2.82. The average molecular weight is 225 g/mol. The quantitative estimate of drug-likeness (QED) is 0.822. The highest BCUT2D eigenvalue weighted by Crippen LogP contribution is 2.23. The third-order valence-corrected chi connectivity index (χ3v) is 2.92. The molecule has 4 heteroatoms. The fourth-order valence-corrected chi connectivity index (χ4v) is 2.00. The predicted molar refractivity (Wildman–Crippen MR) is 60.0 cm³/mol. The van der Waals surface area contributed by atoms with Gasteiger partial charge in [-0.05, 0) is 24.6 Å². The van der Waals surface area contributed by atoms with Crippen molar-refractivity contribution in [3.05, 3.63) is 34.9 Å². The lowest BCUT2D eigenvalue weighted by Crippen LogP contribution is -2.30. The van der Waals surface area contributed by atoms with Crippen LogP contribution in [0.4, 0.5) is 4.79 Å². The zero-order valence-electron chi connectivity index (χ0n) is 8.53. The standard InChI is InChI=1S/C11H13ClN2O/c1-8(14-6-5-13-11(14)15)9-3-2-4-10(12)7-9/h2-4,7-8H,5-6H2,1H3,(H,13,15). The van der Waals surface area contributed by atoms with Crippen LogP contribution in [-0.2, 0) is 0 Å². The highest BCUT2D eigenvalue weighted by Gasteiger charge is 2.25. The lowest BCUT2D eigenvalue weighted by molar-refractivity contribution is 0.202. The number of hydrogen-bond donors (Lipinski definition) is 1. The van der Waals surface area contributed by atoms with Crippen molar-refractivity contribution in [2.24, 2.45) is 0 Å². The van der Waals surface area contributed by atoms with Crippen LogP contribution in [0.25, 0.3) is 0 Å². The van der Waals surface area contributed by atoms with E-state index in [0.717, 1.165) is 18.7 Å². The van der Waals surface area contributed by atoms with E-state index < -0.39 is 0 Å². The Morgan fingerprint density at radius 2 is 2.33 bits per heavy atom. The van der Waals surface area contributed by atoms with E-state index in [0.29, 0.717) is 5.02 Å². The molecule has 0 radical (unpaired) electrons. The van der Waals surface area contributed by atoms with Gasteiger partial charge in [-0.1, -0.05) is 23.7 Å². The van der Waals surface area contributed by atoms with Gasteiger partial charge in [0.15, 0.2) is 0 Å². The number of nitrogens with zero attached hydrogens (tertiary/aromatic N) is 1. The maximum Gasteiger partial charge on any atom is 0.318 e. The van der Waals surface area contributed by atoms with Crippen molar-refractivity contribution in [3.8, 4) is 0 Å². The molecule has 0 spiro atoms. The molecule has 0 bridgehead atoms. The fourth-order valence-electron chi connectivity index (χ4n) is 1.80. The third kappa shape index (κ3) is 2.07. The van der Waals surface area contributed by atoms with E-state index in [4.69, 9.17) is 11.6 Å². The Morgan fingerprint density at radius 3 is 2.93 bits per heavy atom. The van der Waals surface area contributed by atoms with Gasteiger partial charge in [0.05, 0.1) is 6.04 Å². The normalized spacial score (nSPS) is 17.7. The molecule has 1 unspecified atom stereocenters. The summed E-state index contributed by atoms with van der Waals surface area (Å²) in [6.45, 7) is 3.49. The second kappa shape index (κ2) is 4.11. The molecule has 80 valence electrons. The van der Waals surface area contributed by atoms with Crippen molar-refractivity contribution in [1.82, 2.24) is 10.2 Å². The minimum absolute atomic E-state index is 0.00229. The monoisotopic (exact) mass is 224 g/mol. The maximum atomic E-state index is 11.5. The van der Waals surface area contributed by atoms with Crippen LogP contribution in [0, 0.1) is 0 Å². The van der Waals surface area contributed by atoms with E-state index in [1.807, 2.05) is 36.1 Å². The van der Waals surface area contributed by atoms with E-state index in [1.165, 1.54) is 0 Å². The van der Waals surface area contributed by atoms with Crippen molar-refractivity contribution in [3.63, 3.8) is 0 Å². The van der Waals surface area contributed by atoms with Crippen LogP contribution in [0.1, 0.15) is 18.5 Å². The molecule has 0 saturated carbocycles. The number of benzene rings is 1. The van der Waals surface area contributed by atoms with Crippen molar-refractivity contribution < 1.29 is 4.79 Å². The molecule has 1 saturated heterocycles. The molecule has 1 aromatic carbocycles. The van der Waals surface area contributed by atoms with Crippen molar-refractivity contribution in [2.45, 2.75) is 13.0 Å². The summed E-state index contributed by atoms with van der Waals surface area (Å²) in [7, 11) is 0. The molecule has 1 aromatic rings. The summed E-state index contributed by atoms with van der Waals surface area (Å²) in [5.41, 5.74) is 1.07. The predicted octanol–water partition coefficient (Wildman–Crippen LogP) is 2.43. The molecule has 1 atom stereocenters. The van der Waals surface area contributed by atoms with Gasteiger partial charge in [-0.3, -0.25) is 0 Å². The van der Waals surface area contributed by atoms with E-state index >= 15 is 0 Å². The molecule has 1 N–H and O–H groups in total. The first kappa shape index (κ1) is 10.3. The Bertz CT molecular complexity index is 381. The molecule has 2 rings (SSSR count). The lowest BCUT2D eigenvalue weighted by Gasteiger charge is -2.23. The number of halogens is 1. The second-order valence-corrected chi connectivity index (χ2v) is 4.09. The van der Waals surface area contributed by atoms with Crippen molar-refractivity contribution >= 4 is 17.6 Å². The molecule has 15 heavy (non-hydrogen) atoms. The van der Waals surface area contributed by atoms with Gasteiger partial charge in [-0.2, -0.15) is 0 Å². The molecule has 1 fully saturated rings. The summed E-state index contributed by atoms with van der Waals surface area (Å²) in [5, 5.41) is 3.50. The summed E-state index contributed by atoms with van der Waals surface area (Å²) in [6, 6.07) is 7.71. The number of carbonyl (C=O) groups is 1. The minimum atomic E-state index is 0.00229. The minimum Gasteiger partial charge on any atom is -0.336 e. The van der Waals surface area contributed by atoms with Crippen LogP contribution < -0.4 is 5.32 Å². The summed E-state index contributed by atoms with van der Waals surface area (Å²) in [4.78, 5) is 13.3. The largest absolute Gasteiger partial charge is 0.336 e. The number of nitrogens with one attached hydrogen (secondary N) is 1. The number of hydrogen-bond acceptors (Lipinski definition) is 1. The lowest BCUT2D eigenvalue weighted by atomic mass is 10.1. The van der Waals surface area contributed by atoms with E-state index in [2.05, 4.69) is 5.32 Å². The number of amides is 2. The summed E-state index contributed by atoms with van der Waals surface area (Å²) in [6.07, 6.45) is 0. The molecule has 3 nitrogen and oxygen atoms in total. The van der Waals surface area contributed by atoms with Crippen molar-refractivity contribution in [1.29, 1.82) is 0 Å². The molecular weight excluding hydrogens is 212 g/mol. The first-order chi connectivity index (χ1) is 7.18. The maximum absolute atomic E-state index is 11.5. The van der Waals surface area contributed by atoms with Gasteiger partial charge in [0.2, 0.25) is 0 Å². The Hall–Kier alpha value is -1.22. The topological polar surface area (TPSA) is 32.3 Å². The Morgan fingerprint density at radius 1 is 1.53 bits per heavy atom. The van der Waals surface area contributed by atoms with E-state index in [9.17, 15) is 4.79 Å². The third-order valence-electron chi connectivity index (χ3n) is 2.69. The van der Waals surface area contributed by atoms with Gasteiger partial charge >= 0.3 is 6.03 Å². The molecule has 1 aliphatic heterocycles. The Labute approximate surface area is 94.0 Å². The summed E-state index contributed by atoms with van der Waals surface area (Å²) in [5.74, 6) is 0. The van der Waals surface area contributed by atoms with Crippen LogP contribution in [0.15, 0.2) is 24.3 Å². The van der Waals surface area contributed by atoms with Crippen LogP contribution in [0.3, 0.4) is 0 Å². The van der Waals surface area contributed by atoms with Gasteiger partial charge < -0.3 is 10.2 Å². The van der Waals surface area contributed by atoms with Crippen molar-refractivity contribution in [2.75, 3.05) is 13.1 Å². The summed E-state index contributed by atoms with van der Waals surface area (Å²) < 4.78 is 0. The highest BCUT2D eigenvalue weighted by molar-refractivity contribution is 6.30. The Balaban J connectivity index is 2.20. The fraction of sp³-hybridized carbons (Fsp3) is 0.364. The van der Waals surface area contributed by atoms with Gasteiger partial charge in [0.1, 0.15) is 0 Å². The van der Waals surface area contributed by atoms with Gasteiger partial charge in [0.25, 0.3) is 0 Å². The van der Waals surface area contributed by atoms with Gasteiger partial charge in [-0.25, -0.2) is 4.79 Å². The number of carbonyl (C=O) groups excluding carboxylic acids is 1. The summed E-state index contributed by atoms with van der Waals surface area (Å²) >= 11 is 5.91. The molecule has 1 aliphatic rings. The van der Waals surface area contributed by atoms with Gasteiger partial charge in [0, 0.05) is 18.1 Å². The van der Waals surface area contributed by atoms with Crippen LogP contribution in [0.5, 0.6) is 0 Å². The smallest absolute Gasteiger partial charge is 0.318 e. The van der Waals surface area contributed by atoms with E-state index in [-0.39, 0.29) is 12.1 Å². The van der Waals surface area contributed by atoms with Crippen LogP contribution >= 0.6 is 11.6 Å². The number of urea groups is 1. The zero-order valence-corrected chi connectivity index (χ0v) is 9.29. The molecule has 1 heterocycles. The zero-order chi connectivity index (χ0) is 10.8. The highest BCUT2D eigenvalue weighted by atomic mass is 35.5. The average Bonchev–Trinajstić information content (AvgIpc) is 2.63. The first-order valence-corrected chi connectivity index (χ1v) is 5.36. The first-order valence-electron chi connectivity index (χ1n) is 4.98. The van der Waals surface area contributed by atoms with Gasteiger partial charge in [-0.15, -0.1) is 0 Å². The molecule has 2 amide bonds. The molecular formula is C11H13ClN2O. The molecule has 0 aliphatic carbocycles. The second-order valence-electron chi connectivity index (χ2n) is 3.66. The van der Waals surface area contributed by atoms with Crippen LogP contribution in [0.2, 0.25) is 5.02 Å².